The smallest absolute Gasteiger partial charge is 0.243 e. The Bertz CT molecular complexity index is 728. The molecule has 150 valence electrons. The Hall–Kier alpha value is -1.52. The number of aliphatic hydroxyl groups excluding tert-OH is 1. The van der Waals surface area contributed by atoms with E-state index in [0.29, 0.717) is 45.4 Å². The van der Waals surface area contributed by atoms with Crippen LogP contribution >= 0.6 is 0 Å². The Morgan fingerprint density at radius 2 is 1.89 bits per heavy atom. The lowest BCUT2D eigenvalue weighted by Crippen LogP contribution is -2.40. The molecule has 0 unspecified atom stereocenters. The quantitative estimate of drug-likeness (QED) is 0.598. The number of nitrogens with one attached hydrogen (secondary N) is 1. The molecular weight excluding hydrogens is 370 g/mol. The van der Waals surface area contributed by atoms with Crippen molar-refractivity contribution in [2.24, 2.45) is 0 Å². The van der Waals surface area contributed by atoms with Gasteiger partial charge in [-0.3, -0.25) is 9.69 Å². The zero-order valence-corrected chi connectivity index (χ0v) is 16.2. The van der Waals surface area contributed by atoms with Crippen molar-refractivity contribution in [3.8, 4) is 0 Å². The van der Waals surface area contributed by atoms with Gasteiger partial charge in [0.2, 0.25) is 15.9 Å². The molecule has 2 aliphatic rings. The highest BCUT2D eigenvalue weighted by atomic mass is 32.2. The van der Waals surface area contributed by atoms with Crippen molar-refractivity contribution >= 4 is 15.9 Å². The maximum atomic E-state index is 12.6. The number of aliphatic hydroxyl groups is 1. The minimum atomic E-state index is -3.50. The van der Waals surface area contributed by atoms with Gasteiger partial charge in [-0.15, -0.1) is 0 Å². The number of morpholine rings is 1. The maximum absolute atomic E-state index is 12.6. The van der Waals surface area contributed by atoms with Crippen LogP contribution in [-0.2, 0) is 26.1 Å². The number of nitrogens with zero attached hydrogens (tertiary/aromatic N) is 2. The summed E-state index contributed by atoms with van der Waals surface area (Å²) >= 11 is 0. The highest BCUT2D eigenvalue weighted by molar-refractivity contribution is 7.89. The summed E-state index contributed by atoms with van der Waals surface area (Å²) < 4.78 is 31.8. The molecular formula is C18H27N3O5S. The predicted molar refractivity (Wildman–Crippen MR) is 99.5 cm³/mol. The van der Waals surface area contributed by atoms with E-state index in [4.69, 9.17) is 9.84 Å². The standard InChI is InChI=1S/C18H27N3O5S/c22-10-7-20(16-3-4-16)14-18(23)19-13-15-1-5-17(6-2-15)27(24,25)21-8-11-26-12-9-21/h1-2,5-6,16,22H,3-4,7-14H2,(H,19,23). The average molecular weight is 397 g/mol. The van der Waals surface area contributed by atoms with Gasteiger partial charge in [0.25, 0.3) is 0 Å². The van der Waals surface area contributed by atoms with E-state index < -0.39 is 10.0 Å². The molecule has 1 heterocycles. The molecule has 1 saturated carbocycles. The second-order valence-electron chi connectivity index (χ2n) is 6.86. The summed E-state index contributed by atoms with van der Waals surface area (Å²) in [7, 11) is -3.50. The molecule has 1 amide bonds. The van der Waals surface area contributed by atoms with Crippen LogP contribution in [0.4, 0.5) is 0 Å². The van der Waals surface area contributed by atoms with Gasteiger partial charge in [0.1, 0.15) is 0 Å². The molecule has 1 aromatic carbocycles. The van der Waals surface area contributed by atoms with Gasteiger partial charge >= 0.3 is 0 Å². The first-order chi connectivity index (χ1) is 13.0. The summed E-state index contributed by atoms with van der Waals surface area (Å²) in [5.41, 5.74) is 0.837. The molecule has 1 saturated heterocycles. The fourth-order valence-corrected chi connectivity index (χ4v) is 4.52. The fraction of sp³-hybridized carbons (Fsp3) is 0.611. The number of ether oxygens (including phenoxy) is 1. The summed E-state index contributed by atoms with van der Waals surface area (Å²) in [5, 5.41) is 11.9. The molecule has 2 fully saturated rings. The van der Waals surface area contributed by atoms with Crippen LogP contribution in [0, 0.1) is 0 Å². The van der Waals surface area contributed by atoms with Gasteiger partial charge in [-0.2, -0.15) is 4.31 Å². The van der Waals surface area contributed by atoms with E-state index in [2.05, 4.69) is 5.32 Å². The predicted octanol–water partition coefficient (Wildman–Crippen LogP) is -0.220. The SMILES string of the molecule is O=C(CN(CCO)C1CC1)NCc1ccc(S(=O)(=O)N2CCOCC2)cc1. The van der Waals surface area contributed by atoms with Gasteiger partial charge < -0.3 is 15.2 Å². The van der Waals surface area contributed by atoms with Crippen molar-refractivity contribution < 1.29 is 23.1 Å². The van der Waals surface area contributed by atoms with Crippen LogP contribution < -0.4 is 5.32 Å². The minimum Gasteiger partial charge on any atom is -0.395 e. The molecule has 1 aromatic rings. The summed E-state index contributed by atoms with van der Waals surface area (Å²) in [6.07, 6.45) is 2.15. The molecule has 0 radical (unpaired) electrons. The lowest BCUT2D eigenvalue weighted by atomic mass is 10.2. The topological polar surface area (TPSA) is 99.2 Å². The van der Waals surface area contributed by atoms with Crippen LogP contribution in [0.5, 0.6) is 0 Å². The number of hydrogen-bond donors (Lipinski definition) is 2. The van der Waals surface area contributed by atoms with Gasteiger partial charge in [-0.1, -0.05) is 12.1 Å². The molecule has 2 N–H and O–H groups in total. The number of amides is 1. The molecule has 1 aliphatic carbocycles. The van der Waals surface area contributed by atoms with Crippen LogP contribution in [0.25, 0.3) is 0 Å². The lowest BCUT2D eigenvalue weighted by molar-refractivity contribution is -0.122. The normalized spacial score (nSPS) is 18.6. The van der Waals surface area contributed by atoms with Gasteiger partial charge in [0, 0.05) is 32.2 Å². The van der Waals surface area contributed by atoms with Crippen LogP contribution in [0.2, 0.25) is 0 Å². The molecule has 0 bridgehead atoms. The fourth-order valence-electron chi connectivity index (χ4n) is 3.12. The molecule has 0 spiro atoms. The highest BCUT2D eigenvalue weighted by Crippen LogP contribution is 2.26. The molecule has 1 aliphatic heterocycles. The van der Waals surface area contributed by atoms with Crippen molar-refractivity contribution in [3.63, 3.8) is 0 Å². The van der Waals surface area contributed by atoms with E-state index in [0.717, 1.165) is 18.4 Å². The van der Waals surface area contributed by atoms with Crippen molar-refractivity contribution in [1.82, 2.24) is 14.5 Å². The monoisotopic (exact) mass is 397 g/mol. The van der Waals surface area contributed by atoms with Crippen LogP contribution in [-0.4, -0.2) is 80.7 Å². The summed E-state index contributed by atoms with van der Waals surface area (Å²) in [5.74, 6) is -0.0969. The lowest BCUT2D eigenvalue weighted by Gasteiger charge is -2.26. The largest absolute Gasteiger partial charge is 0.395 e. The number of sulfonamides is 1. The second-order valence-corrected chi connectivity index (χ2v) is 8.80. The van der Waals surface area contributed by atoms with Crippen molar-refractivity contribution in [2.45, 2.75) is 30.3 Å². The first-order valence-corrected chi connectivity index (χ1v) is 10.7. The molecule has 3 rings (SSSR count). The Morgan fingerprint density at radius 3 is 2.48 bits per heavy atom. The van der Waals surface area contributed by atoms with E-state index in [1.807, 2.05) is 4.90 Å². The molecule has 9 heteroatoms. The Morgan fingerprint density at radius 1 is 1.22 bits per heavy atom. The van der Waals surface area contributed by atoms with E-state index in [1.165, 1.54) is 4.31 Å². The third-order valence-corrected chi connectivity index (χ3v) is 6.73. The van der Waals surface area contributed by atoms with Crippen molar-refractivity contribution in [1.29, 1.82) is 0 Å². The van der Waals surface area contributed by atoms with Gasteiger partial charge in [0.15, 0.2) is 0 Å². The molecule has 0 atom stereocenters. The number of benzene rings is 1. The van der Waals surface area contributed by atoms with Gasteiger partial charge in [0.05, 0.1) is 31.3 Å². The first-order valence-electron chi connectivity index (χ1n) is 9.29. The van der Waals surface area contributed by atoms with Crippen molar-refractivity contribution in [3.05, 3.63) is 29.8 Å². The Labute approximate surface area is 160 Å². The highest BCUT2D eigenvalue weighted by Gasteiger charge is 2.29. The van der Waals surface area contributed by atoms with E-state index in [9.17, 15) is 13.2 Å². The third kappa shape index (κ3) is 5.49. The van der Waals surface area contributed by atoms with E-state index in [1.54, 1.807) is 24.3 Å². The number of hydrogen-bond acceptors (Lipinski definition) is 6. The number of rotatable bonds is 9. The van der Waals surface area contributed by atoms with Crippen molar-refractivity contribution in [2.75, 3.05) is 46.0 Å². The van der Waals surface area contributed by atoms with Gasteiger partial charge in [-0.05, 0) is 30.5 Å². The Balaban J connectivity index is 1.52. The Kier molecular flexibility index (Phi) is 6.83. The maximum Gasteiger partial charge on any atom is 0.243 e. The first kappa shape index (κ1) is 20.2. The summed E-state index contributed by atoms with van der Waals surface area (Å²) in [6.45, 7) is 2.73. The molecule has 27 heavy (non-hydrogen) atoms. The van der Waals surface area contributed by atoms with E-state index in [-0.39, 0.29) is 24.0 Å². The summed E-state index contributed by atoms with van der Waals surface area (Å²) in [6, 6.07) is 7.01. The van der Waals surface area contributed by atoms with E-state index >= 15 is 0 Å². The molecule has 8 nitrogen and oxygen atoms in total. The average Bonchev–Trinajstić information content (AvgIpc) is 3.52. The third-order valence-electron chi connectivity index (χ3n) is 4.82. The molecule has 0 aromatic heterocycles. The number of carbonyl (C=O) groups is 1. The zero-order valence-electron chi connectivity index (χ0n) is 15.3. The summed E-state index contributed by atoms with van der Waals surface area (Å²) in [4.78, 5) is 14.4. The number of carbonyl (C=O) groups excluding carboxylic acids is 1. The van der Waals surface area contributed by atoms with Crippen LogP contribution in [0.3, 0.4) is 0 Å². The van der Waals surface area contributed by atoms with Crippen LogP contribution in [0.1, 0.15) is 18.4 Å². The minimum absolute atomic E-state index is 0.0445. The zero-order chi connectivity index (χ0) is 19.3. The van der Waals surface area contributed by atoms with Crippen LogP contribution in [0.15, 0.2) is 29.2 Å². The second kappa shape index (κ2) is 9.11. The van der Waals surface area contributed by atoms with Gasteiger partial charge in [-0.25, -0.2) is 8.42 Å².